The number of hydrogen-bond acceptors (Lipinski definition) is 14. The molecule has 0 aliphatic carbocycles. The van der Waals surface area contributed by atoms with Gasteiger partial charge in [0.2, 0.25) is 5.91 Å². The number of aliphatic hydroxyl groups is 1. The molecule has 1 aliphatic heterocycles. The predicted molar refractivity (Wildman–Crippen MR) is 148 cm³/mol. The smallest absolute Gasteiger partial charge is 0.417 e. The Kier molecular flexibility index (Phi) is 8.88. The second kappa shape index (κ2) is 12.2. The van der Waals surface area contributed by atoms with Gasteiger partial charge in [-0.15, -0.1) is 0 Å². The fourth-order valence-corrected chi connectivity index (χ4v) is 4.60. The molecule has 3 aromatic rings. The first-order valence-corrected chi connectivity index (χ1v) is 13.2. The number of nitrogens with two attached hydrogens (primary N) is 2. The average Bonchev–Trinajstić information content (AvgIpc) is 3.50. The molecule has 0 saturated carbocycles. The molecule has 1 fully saturated rings. The molecule has 17 heteroatoms. The van der Waals surface area contributed by atoms with Gasteiger partial charge in [0.1, 0.15) is 29.6 Å². The van der Waals surface area contributed by atoms with Crippen molar-refractivity contribution in [1.82, 2.24) is 24.4 Å². The van der Waals surface area contributed by atoms with E-state index in [0.717, 1.165) is 0 Å². The number of esters is 1. The number of aliphatic hydroxyl groups excluding tert-OH is 1. The van der Waals surface area contributed by atoms with E-state index in [-0.39, 0.29) is 35.7 Å². The van der Waals surface area contributed by atoms with Crippen LogP contribution in [0.25, 0.3) is 11.2 Å². The second-order valence-electron chi connectivity index (χ2n) is 10.7. The summed E-state index contributed by atoms with van der Waals surface area (Å²) >= 11 is 0. The molecule has 17 nitrogen and oxygen atoms in total. The molecule has 1 unspecified atom stereocenters. The number of aromatic nitrogens is 4. The Labute approximate surface area is 244 Å². The number of imide groups is 1. The van der Waals surface area contributed by atoms with Gasteiger partial charge >= 0.3 is 12.1 Å². The summed E-state index contributed by atoms with van der Waals surface area (Å²) in [6.07, 6.45) is -3.69. The van der Waals surface area contributed by atoms with Crippen molar-refractivity contribution in [1.29, 1.82) is 0 Å². The van der Waals surface area contributed by atoms with Gasteiger partial charge in [0, 0.05) is 12.1 Å². The van der Waals surface area contributed by atoms with Crippen molar-refractivity contribution in [3.8, 4) is 0 Å². The van der Waals surface area contributed by atoms with Crippen LogP contribution < -0.4 is 11.5 Å². The quantitative estimate of drug-likeness (QED) is 0.184. The molecule has 0 spiro atoms. The fraction of sp³-hybridized carbons (Fsp3) is 0.462. The molecular formula is C26H32N8O9. The van der Waals surface area contributed by atoms with Gasteiger partial charge in [0.05, 0.1) is 23.9 Å². The van der Waals surface area contributed by atoms with Gasteiger partial charge in [-0.05, 0) is 39.7 Å². The van der Waals surface area contributed by atoms with Gasteiger partial charge in [-0.2, -0.15) is 0 Å². The van der Waals surface area contributed by atoms with Crippen LogP contribution in [-0.4, -0.2) is 88.9 Å². The maximum absolute atomic E-state index is 13.9. The van der Waals surface area contributed by atoms with Crippen molar-refractivity contribution in [2.75, 3.05) is 12.3 Å². The number of carbonyl (C=O) groups excluding carboxylic acids is 3. The number of benzene rings is 1. The van der Waals surface area contributed by atoms with E-state index in [9.17, 15) is 29.6 Å². The third kappa shape index (κ3) is 6.52. The highest BCUT2D eigenvalue weighted by Gasteiger charge is 2.56. The topological polar surface area (TPSA) is 241 Å². The molecule has 5 atom stereocenters. The number of ether oxygens (including phenoxy) is 3. The summed E-state index contributed by atoms with van der Waals surface area (Å²) in [7, 11) is 0. The number of nitro benzene ring substituents is 1. The number of nitrogens with zero attached hydrogens (tertiary/aromatic N) is 6. The van der Waals surface area contributed by atoms with Crippen molar-refractivity contribution in [3.05, 3.63) is 52.6 Å². The maximum Gasteiger partial charge on any atom is 0.417 e. The molecule has 2 amide bonds. The van der Waals surface area contributed by atoms with Gasteiger partial charge in [-0.25, -0.2) is 29.4 Å². The fourth-order valence-electron chi connectivity index (χ4n) is 4.60. The number of nitrogen functional groups attached to an aromatic ring is 1. The molecule has 2 aromatic heterocycles. The maximum atomic E-state index is 13.9. The largest absolute Gasteiger partial charge is 0.464 e. The summed E-state index contributed by atoms with van der Waals surface area (Å²) in [4.78, 5) is 63.7. The molecule has 4 rings (SSSR count). The Hall–Kier alpha value is -4.74. The van der Waals surface area contributed by atoms with Crippen LogP contribution in [0.4, 0.5) is 16.3 Å². The number of non-ortho nitro benzene ring substituents is 1. The van der Waals surface area contributed by atoms with Crippen molar-refractivity contribution >= 4 is 40.6 Å². The zero-order valence-corrected chi connectivity index (χ0v) is 23.8. The van der Waals surface area contributed by atoms with Crippen LogP contribution in [-0.2, 0) is 30.2 Å². The zero-order valence-electron chi connectivity index (χ0n) is 23.8. The van der Waals surface area contributed by atoms with Crippen molar-refractivity contribution in [2.24, 2.45) is 5.73 Å². The third-order valence-electron chi connectivity index (χ3n) is 6.46. The molecule has 43 heavy (non-hydrogen) atoms. The van der Waals surface area contributed by atoms with Gasteiger partial charge in [0.25, 0.3) is 5.69 Å². The van der Waals surface area contributed by atoms with E-state index in [1.807, 2.05) is 0 Å². The predicted octanol–water partition coefficient (Wildman–Crippen LogP) is 0.840. The standard InChI is InChI=1S/C26H32N8O9/c1-5-41-24(37)19-17(18(35)23(42-19)32-12-31-16-20(28)29-11-30-21(16)32)33(25(38)43-26(2,3)4)22(36)15(27)10-13-6-8-14(9-7-13)34(39)40/h6-9,11-12,15,17-19,23,35H,5,10,27H2,1-4H3,(H2,28,29,30)/t15?,17-,18+,19-,23+/m0/s1. The van der Waals surface area contributed by atoms with Gasteiger partial charge in [-0.3, -0.25) is 19.5 Å². The minimum Gasteiger partial charge on any atom is -0.464 e. The van der Waals surface area contributed by atoms with Crippen LogP contribution in [0.2, 0.25) is 0 Å². The van der Waals surface area contributed by atoms with E-state index >= 15 is 0 Å². The normalized spacial score (nSPS) is 20.9. The monoisotopic (exact) mass is 600 g/mol. The Bertz CT molecular complexity index is 1520. The number of anilines is 1. The van der Waals surface area contributed by atoms with Crippen LogP contribution in [0.5, 0.6) is 0 Å². The molecule has 5 N–H and O–H groups in total. The van der Waals surface area contributed by atoms with Crippen molar-refractivity contribution in [3.63, 3.8) is 0 Å². The SMILES string of the molecule is CCOC(=O)[C@H]1O[C@@H](n2cnc3c(N)ncnc32)[C@H](O)[C@@H]1N(C(=O)OC(C)(C)C)C(=O)C(N)Cc1ccc([N+](=O)[O-])cc1. The highest BCUT2D eigenvalue weighted by Crippen LogP contribution is 2.36. The summed E-state index contributed by atoms with van der Waals surface area (Å²) in [5.41, 5.74) is 11.7. The highest BCUT2D eigenvalue weighted by atomic mass is 16.6. The Morgan fingerprint density at radius 3 is 2.49 bits per heavy atom. The summed E-state index contributed by atoms with van der Waals surface area (Å²) < 4.78 is 17.9. The highest BCUT2D eigenvalue weighted by molar-refractivity contribution is 5.96. The van der Waals surface area contributed by atoms with Crippen LogP contribution in [0, 0.1) is 10.1 Å². The van der Waals surface area contributed by atoms with E-state index < -0.39 is 59.0 Å². The van der Waals surface area contributed by atoms with E-state index in [1.54, 1.807) is 27.7 Å². The summed E-state index contributed by atoms with van der Waals surface area (Å²) in [6.45, 7) is 6.19. The zero-order chi connectivity index (χ0) is 31.6. The van der Waals surface area contributed by atoms with Crippen LogP contribution in [0.15, 0.2) is 36.9 Å². The third-order valence-corrected chi connectivity index (χ3v) is 6.46. The first-order chi connectivity index (χ1) is 20.2. The Morgan fingerprint density at radius 2 is 1.88 bits per heavy atom. The molecule has 1 aliphatic rings. The lowest BCUT2D eigenvalue weighted by molar-refractivity contribution is -0.384. The first kappa shape index (κ1) is 31.2. The summed E-state index contributed by atoms with van der Waals surface area (Å²) in [5.74, 6) is -1.91. The lowest BCUT2D eigenvalue weighted by Crippen LogP contribution is -2.60. The second-order valence-corrected chi connectivity index (χ2v) is 10.7. The number of hydrogen-bond donors (Lipinski definition) is 3. The van der Waals surface area contributed by atoms with E-state index in [0.29, 0.717) is 10.5 Å². The van der Waals surface area contributed by atoms with Crippen molar-refractivity contribution in [2.45, 2.75) is 70.2 Å². The number of nitro groups is 1. The first-order valence-electron chi connectivity index (χ1n) is 13.2. The van der Waals surface area contributed by atoms with E-state index in [1.165, 1.54) is 41.5 Å². The number of rotatable bonds is 8. The Morgan fingerprint density at radius 1 is 1.21 bits per heavy atom. The number of carbonyl (C=O) groups is 3. The molecule has 0 bridgehead atoms. The lowest BCUT2D eigenvalue weighted by atomic mass is 10.0. The molecule has 1 aromatic carbocycles. The van der Waals surface area contributed by atoms with Crippen LogP contribution >= 0.6 is 0 Å². The van der Waals surface area contributed by atoms with E-state index in [4.69, 9.17) is 25.7 Å². The minimum absolute atomic E-state index is 0.0532. The average molecular weight is 601 g/mol. The molecule has 0 radical (unpaired) electrons. The number of fused-ring (bicyclic) bond motifs is 1. The van der Waals surface area contributed by atoms with Crippen LogP contribution in [0.1, 0.15) is 39.5 Å². The molecule has 230 valence electrons. The minimum atomic E-state index is -1.73. The number of imidazole rings is 1. The van der Waals surface area contributed by atoms with Crippen LogP contribution in [0.3, 0.4) is 0 Å². The summed E-state index contributed by atoms with van der Waals surface area (Å²) in [5, 5.41) is 22.6. The Balaban J connectivity index is 1.74. The van der Waals surface area contributed by atoms with Gasteiger partial charge in [-0.1, -0.05) is 12.1 Å². The molecular weight excluding hydrogens is 568 g/mol. The van der Waals surface area contributed by atoms with Gasteiger partial charge in [0.15, 0.2) is 23.8 Å². The molecule has 3 heterocycles. The van der Waals surface area contributed by atoms with Crippen molar-refractivity contribution < 1.29 is 38.6 Å². The molecule has 1 saturated heterocycles. The van der Waals surface area contributed by atoms with E-state index in [2.05, 4.69) is 15.0 Å². The summed E-state index contributed by atoms with van der Waals surface area (Å²) in [6, 6.07) is 2.28. The lowest BCUT2D eigenvalue weighted by Gasteiger charge is -2.34. The number of amides is 2. The van der Waals surface area contributed by atoms with Gasteiger partial charge < -0.3 is 30.8 Å².